The molecule has 2 heteroatoms. The Kier molecular flexibility index (Phi) is 4.53. The molecule has 4 rings (SSSR count). The second-order valence-corrected chi connectivity index (χ2v) is 10.5. The van der Waals surface area contributed by atoms with Crippen molar-refractivity contribution in [3.8, 4) is 0 Å². The third-order valence-corrected chi connectivity index (χ3v) is 8.22. The smallest absolute Gasteiger partial charge is 0.00436 e. The Morgan fingerprint density at radius 1 is 0.792 bits per heavy atom. The SMILES string of the molecule is CC(C)N1CCC2(CC2)CC(C2CC23CCCCN(C(C)C)C3)C1. The Labute approximate surface area is 150 Å². The van der Waals surface area contributed by atoms with Gasteiger partial charge in [-0.25, -0.2) is 0 Å². The molecule has 0 radical (unpaired) electrons. The zero-order valence-corrected chi connectivity index (χ0v) is 16.7. The fourth-order valence-corrected chi connectivity index (χ4v) is 6.18. The first kappa shape index (κ1) is 17.3. The molecule has 3 unspecified atom stereocenters. The molecule has 138 valence electrons. The summed E-state index contributed by atoms with van der Waals surface area (Å²) in [5, 5.41) is 0. The molecule has 2 heterocycles. The Morgan fingerprint density at radius 2 is 1.54 bits per heavy atom. The second-order valence-electron chi connectivity index (χ2n) is 10.5. The fraction of sp³-hybridized carbons (Fsp3) is 1.00. The van der Waals surface area contributed by atoms with E-state index in [0.717, 1.165) is 29.3 Å². The highest BCUT2D eigenvalue weighted by atomic mass is 15.2. The van der Waals surface area contributed by atoms with Crippen LogP contribution in [0.15, 0.2) is 0 Å². The quantitative estimate of drug-likeness (QED) is 0.733. The maximum atomic E-state index is 2.82. The predicted octanol–water partition coefficient (Wildman–Crippen LogP) is 4.79. The summed E-state index contributed by atoms with van der Waals surface area (Å²) in [6.07, 6.45) is 12.1. The maximum absolute atomic E-state index is 2.82. The third-order valence-electron chi connectivity index (χ3n) is 8.22. The van der Waals surface area contributed by atoms with Gasteiger partial charge in [0.2, 0.25) is 0 Å². The van der Waals surface area contributed by atoms with Crippen molar-refractivity contribution >= 4 is 0 Å². The van der Waals surface area contributed by atoms with Crippen LogP contribution in [0.4, 0.5) is 0 Å². The van der Waals surface area contributed by atoms with E-state index in [9.17, 15) is 0 Å². The van der Waals surface area contributed by atoms with Gasteiger partial charge in [0.15, 0.2) is 0 Å². The van der Waals surface area contributed by atoms with E-state index < -0.39 is 0 Å². The first-order valence-electron chi connectivity index (χ1n) is 10.9. The molecule has 0 bridgehead atoms. The molecule has 3 atom stereocenters. The highest BCUT2D eigenvalue weighted by Gasteiger charge is 2.60. The standard InChI is InChI=1S/C22H40N2/c1-17(2)23-12-10-21(8-9-21)13-19(15-23)20-14-22(20)7-5-6-11-24(16-22)18(3)4/h17-20H,5-16H2,1-4H3. The lowest BCUT2D eigenvalue weighted by atomic mass is 9.83. The van der Waals surface area contributed by atoms with E-state index in [0.29, 0.717) is 5.41 Å². The molecule has 2 spiro atoms. The molecular formula is C22H40N2. The number of likely N-dealkylation sites (tertiary alicyclic amines) is 2. The summed E-state index contributed by atoms with van der Waals surface area (Å²) in [7, 11) is 0. The average molecular weight is 333 g/mol. The van der Waals surface area contributed by atoms with Gasteiger partial charge in [-0.05, 0) is 108 Å². The van der Waals surface area contributed by atoms with Gasteiger partial charge in [0, 0.05) is 25.2 Å². The summed E-state index contributed by atoms with van der Waals surface area (Å²) in [6.45, 7) is 15.1. The molecule has 2 aliphatic carbocycles. The third kappa shape index (κ3) is 3.30. The molecule has 4 fully saturated rings. The minimum Gasteiger partial charge on any atom is -0.301 e. The number of rotatable bonds is 3. The van der Waals surface area contributed by atoms with Crippen molar-refractivity contribution in [2.45, 2.75) is 91.1 Å². The van der Waals surface area contributed by atoms with E-state index in [4.69, 9.17) is 0 Å². The summed E-state index contributed by atoms with van der Waals surface area (Å²) in [4.78, 5) is 5.62. The summed E-state index contributed by atoms with van der Waals surface area (Å²) >= 11 is 0. The first-order valence-corrected chi connectivity index (χ1v) is 10.9. The van der Waals surface area contributed by atoms with Crippen LogP contribution in [-0.2, 0) is 0 Å². The lowest BCUT2D eigenvalue weighted by Crippen LogP contribution is -2.38. The summed E-state index contributed by atoms with van der Waals surface area (Å²) < 4.78 is 0. The molecule has 0 amide bonds. The first-order chi connectivity index (χ1) is 11.4. The van der Waals surface area contributed by atoms with Crippen molar-refractivity contribution in [3.63, 3.8) is 0 Å². The van der Waals surface area contributed by atoms with Gasteiger partial charge in [-0.2, -0.15) is 0 Å². The van der Waals surface area contributed by atoms with Crippen molar-refractivity contribution in [3.05, 3.63) is 0 Å². The molecule has 4 aliphatic rings. The molecular weight excluding hydrogens is 292 g/mol. The number of hydrogen-bond donors (Lipinski definition) is 0. The van der Waals surface area contributed by atoms with Crippen LogP contribution in [0.5, 0.6) is 0 Å². The van der Waals surface area contributed by atoms with Crippen molar-refractivity contribution in [1.29, 1.82) is 0 Å². The monoisotopic (exact) mass is 332 g/mol. The summed E-state index contributed by atoms with van der Waals surface area (Å²) in [6, 6.07) is 1.47. The number of hydrogen-bond acceptors (Lipinski definition) is 2. The minimum atomic E-state index is 0.703. The van der Waals surface area contributed by atoms with Crippen LogP contribution in [0.2, 0.25) is 0 Å². The van der Waals surface area contributed by atoms with Gasteiger partial charge < -0.3 is 9.80 Å². The molecule has 0 aromatic rings. The lowest BCUT2D eigenvalue weighted by Gasteiger charge is -2.32. The van der Waals surface area contributed by atoms with E-state index in [1.807, 2.05) is 0 Å². The van der Waals surface area contributed by atoms with Crippen LogP contribution in [0.1, 0.15) is 79.1 Å². The van der Waals surface area contributed by atoms with E-state index >= 15 is 0 Å². The fourth-order valence-electron chi connectivity index (χ4n) is 6.18. The van der Waals surface area contributed by atoms with Crippen molar-refractivity contribution < 1.29 is 0 Å². The van der Waals surface area contributed by atoms with Gasteiger partial charge in [-0.3, -0.25) is 0 Å². The summed E-state index contributed by atoms with van der Waals surface area (Å²) in [5.41, 5.74) is 1.48. The van der Waals surface area contributed by atoms with E-state index in [2.05, 4.69) is 37.5 Å². The zero-order valence-electron chi connectivity index (χ0n) is 16.7. The Morgan fingerprint density at radius 3 is 2.21 bits per heavy atom. The molecule has 24 heavy (non-hydrogen) atoms. The summed E-state index contributed by atoms with van der Waals surface area (Å²) in [5.74, 6) is 2.03. The second kappa shape index (κ2) is 6.27. The minimum absolute atomic E-state index is 0.703. The van der Waals surface area contributed by atoms with E-state index in [-0.39, 0.29) is 0 Å². The Balaban J connectivity index is 1.48. The van der Waals surface area contributed by atoms with Gasteiger partial charge in [-0.15, -0.1) is 0 Å². The maximum Gasteiger partial charge on any atom is 0.00436 e. The van der Waals surface area contributed by atoms with Crippen LogP contribution >= 0.6 is 0 Å². The van der Waals surface area contributed by atoms with Crippen LogP contribution in [0.25, 0.3) is 0 Å². The zero-order chi connectivity index (χ0) is 16.9. The lowest BCUT2D eigenvalue weighted by molar-refractivity contribution is 0.154. The highest BCUT2D eigenvalue weighted by Crippen LogP contribution is 2.65. The highest BCUT2D eigenvalue weighted by molar-refractivity contribution is 5.11. The van der Waals surface area contributed by atoms with E-state index in [1.54, 1.807) is 12.8 Å². The van der Waals surface area contributed by atoms with Gasteiger partial charge in [0.05, 0.1) is 0 Å². The van der Waals surface area contributed by atoms with Crippen molar-refractivity contribution in [1.82, 2.24) is 9.80 Å². The molecule has 0 aromatic heterocycles. The molecule has 2 saturated carbocycles. The van der Waals surface area contributed by atoms with Gasteiger partial charge in [0.25, 0.3) is 0 Å². The van der Waals surface area contributed by atoms with Gasteiger partial charge >= 0.3 is 0 Å². The molecule has 2 saturated heterocycles. The predicted molar refractivity (Wildman–Crippen MR) is 102 cm³/mol. The van der Waals surface area contributed by atoms with Crippen LogP contribution < -0.4 is 0 Å². The van der Waals surface area contributed by atoms with Crippen molar-refractivity contribution in [2.75, 3.05) is 26.2 Å². The average Bonchev–Trinajstić information content (AvgIpc) is 3.42. The normalized spacial score (nSPS) is 40.2. The van der Waals surface area contributed by atoms with Crippen LogP contribution in [0, 0.1) is 22.7 Å². The molecule has 2 nitrogen and oxygen atoms in total. The van der Waals surface area contributed by atoms with Crippen LogP contribution in [-0.4, -0.2) is 48.1 Å². The topological polar surface area (TPSA) is 6.48 Å². The molecule has 2 aliphatic heterocycles. The van der Waals surface area contributed by atoms with Gasteiger partial charge in [-0.1, -0.05) is 6.42 Å². The number of nitrogens with zero attached hydrogens (tertiary/aromatic N) is 2. The van der Waals surface area contributed by atoms with Crippen LogP contribution in [0.3, 0.4) is 0 Å². The Hall–Kier alpha value is -0.0800. The largest absolute Gasteiger partial charge is 0.301 e. The van der Waals surface area contributed by atoms with Gasteiger partial charge in [0.1, 0.15) is 0 Å². The molecule has 0 aromatic carbocycles. The Bertz CT molecular complexity index is 453. The molecule has 0 N–H and O–H groups in total. The van der Waals surface area contributed by atoms with E-state index in [1.165, 1.54) is 64.7 Å². The van der Waals surface area contributed by atoms with Crippen molar-refractivity contribution in [2.24, 2.45) is 22.7 Å².